The Morgan fingerprint density at radius 2 is 2.29 bits per heavy atom. The summed E-state index contributed by atoms with van der Waals surface area (Å²) in [5, 5.41) is 3.56. The molecule has 1 fully saturated rings. The molecule has 0 unspecified atom stereocenters. The molecule has 1 aromatic rings. The van der Waals surface area contributed by atoms with Gasteiger partial charge in [-0.2, -0.15) is 0 Å². The van der Waals surface area contributed by atoms with Gasteiger partial charge in [0.25, 0.3) is 0 Å². The zero-order valence-electron chi connectivity index (χ0n) is 9.14. The highest BCUT2D eigenvalue weighted by atomic mass is 14.9. The second-order valence-electron chi connectivity index (χ2n) is 4.96. The maximum Gasteiger partial charge on any atom is 0.00682 e. The van der Waals surface area contributed by atoms with Crippen LogP contribution in [0.1, 0.15) is 38.7 Å². The summed E-state index contributed by atoms with van der Waals surface area (Å²) in [5.41, 5.74) is 1.71. The van der Waals surface area contributed by atoms with Gasteiger partial charge in [0.15, 0.2) is 0 Å². The normalized spacial score (nSPS) is 17.3. The third-order valence-electron chi connectivity index (χ3n) is 3.14. The molecule has 1 aliphatic carbocycles. The van der Waals surface area contributed by atoms with Crippen molar-refractivity contribution in [1.82, 2.24) is 10.3 Å². The molecule has 0 saturated heterocycles. The van der Waals surface area contributed by atoms with Crippen LogP contribution in [0.2, 0.25) is 0 Å². The van der Waals surface area contributed by atoms with Gasteiger partial charge >= 0.3 is 0 Å². The Kier molecular flexibility index (Phi) is 2.64. The molecule has 0 atom stereocenters. The van der Waals surface area contributed by atoms with Crippen LogP contribution in [-0.2, 0) is 5.41 Å². The molecule has 1 aromatic heterocycles. The number of aromatic amines is 1. The van der Waals surface area contributed by atoms with Gasteiger partial charge in [0.05, 0.1) is 0 Å². The van der Waals surface area contributed by atoms with Gasteiger partial charge in [-0.3, -0.25) is 0 Å². The summed E-state index contributed by atoms with van der Waals surface area (Å²) in [6.45, 7) is 5.76. The van der Waals surface area contributed by atoms with Crippen LogP contribution in [-0.4, -0.2) is 17.6 Å². The fourth-order valence-corrected chi connectivity index (χ4v) is 1.77. The Hall–Kier alpha value is -0.760. The molecule has 0 spiro atoms. The highest BCUT2D eigenvalue weighted by molar-refractivity contribution is 5.19. The second-order valence-corrected chi connectivity index (χ2v) is 4.96. The Morgan fingerprint density at radius 1 is 1.50 bits per heavy atom. The summed E-state index contributed by atoms with van der Waals surface area (Å²) in [6, 6.07) is 3.01. The van der Waals surface area contributed by atoms with E-state index in [1.807, 2.05) is 6.20 Å². The van der Waals surface area contributed by atoms with E-state index >= 15 is 0 Å². The minimum absolute atomic E-state index is 0.294. The van der Waals surface area contributed by atoms with E-state index in [9.17, 15) is 0 Å². The fourth-order valence-electron chi connectivity index (χ4n) is 1.77. The lowest BCUT2D eigenvalue weighted by Crippen LogP contribution is -2.26. The average molecular weight is 192 g/mol. The molecule has 14 heavy (non-hydrogen) atoms. The molecule has 1 heterocycles. The lowest BCUT2D eigenvalue weighted by molar-refractivity contribution is 0.456. The maximum absolute atomic E-state index is 3.56. The topological polar surface area (TPSA) is 27.8 Å². The lowest BCUT2D eigenvalue weighted by Gasteiger charge is -2.23. The van der Waals surface area contributed by atoms with Crippen LogP contribution < -0.4 is 5.32 Å². The quantitative estimate of drug-likeness (QED) is 0.737. The smallest absolute Gasteiger partial charge is 0.00682 e. The van der Waals surface area contributed by atoms with Crippen LogP contribution in [0.5, 0.6) is 0 Å². The van der Waals surface area contributed by atoms with Gasteiger partial charge in [0.2, 0.25) is 0 Å². The first kappa shape index (κ1) is 9.78. The van der Waals surface area contributed by atoms with E-state index in [0.29, 0.717) is 5.41 Å². The molecule has 78 valence electrons. The van der Waals surface area contributed by atoms with Gasteiger partial charge in [0.1, 0.15) is 0 Å². The average Bonchev–Trinajstić information content (AvgIpc) is 2.80. The van der Waals surface area contributed by atoms with E-state index < -0.39 is 0 Å². The van der Waals surface area contributed by atoms with Crippen LogP contribution in [0.4, 0.5) is 0 Å². The van der Waals surface area contributed by atoms with Gasteiger partial charge in [-0.25, -0.2) is 0 Å². The summed E-state index contributed by atoms with van der Waals surface area (Å²) in [4.78, 5) is 3.13. The van der Waals surface area contributed by atoms with Crippen molar-refractivity contribution in [3.8, 4) is 0 Å². The molecule has 1 aliphatic rings. The van der Waals surface area contributed by atoms with E-state index in [4.69, 9.17) is 0 Å². The van der Waals surface area contributed by atoms with Crippen molar-refractivity contribution in [2.45, 2.75) is 44.6 Å². The standard InChI is InChI=1S/C12H20N2/c1-12(2,10-5-7-13-9-10)6-8-14-11-3-4-11/h5,7,9,11,13-14H,3-4,6,8H2,1-2H3. The zero-order chi connectivity index (χ0) is 10.0. The summed E-state index contributed by atoms with van der Waals surface area (Å²) in [6.07, 6.45) is 8.08. The van der Waals surface area contributed by atoms with E-state index in [1.165, 1.54) is 24.8 Å². The fraction of sp³-hybridized carbons (Fsp3) is 0.667. The van der Waals surface area contributed by atoms with Gasteiger partial charge in [-0.1, -0.05) is 13.8 Å². The number of H-pyrrole nitrogens is 1. The van der Waals surface area contributed by atoms with E-state index in [2.05, 4.69) is 36.4 Å². The molecule has 2 N–H and O–H groups in total. The first-order valence-corrected chi connectivity index (χ1v) is 5.55. The van der Waals surface area contributed by atoms with Gasteiger partial charge < -0.3 is 10.3 Å². The Balaban J connectivity index is 1.81. The molecular formula is C12H20N2. The Labute approximate surface area is 86.1 Å². The molecule has 2 heteroatoms. The number of nitrogens with one attached hydrogen (secondary N) is 2. The summed E-state index contributed by atoms with van der Waals surface area (Å²) in [7, 11) is 0. The van der Waals surface area contributed by atoms with Crippen molar-refractivity contribution in [3.05, 3.63) is 24.0 Å². The number of aromatic nitrogens is 1. The molecule has 2 nitrogen and oxygen atoms in total. The summed E-state index contributed by atoms with van der Waals surface area (Å²) >= 11 is 0. The number of hydrogen-bond acceptors (Lipinski definition) is 1. The molecule has 1 saturated carbocycles. The van der Waals surface area contributed by atoms with E-state index in [0.717, 1.165) is 12.6 Å². The highest BCUT2D eigenvalue weighted by Crippen LogP contribution is 2.26. The maximum atomic E-state index is 3.56. The molecule has 2 rings (SSSR count). The van der Waals surface area contributed by atoms with Crippen molar-refractivity contribution in [3.63, 3.8) is 0 Å². The van der Waals surface area contributed by atoms with Crippen LogP contribution in [0.3, 0.4) is 0 Å². The van der Waals surface area contributed by atoms with Crippen molar-refractivity contribution < 1.29 is 0 Å². The monoisotopic (exact) mass is 192 g/mol. The first-order chi connectivity index (χ1) is 6.68. The Bertz CT molecular complexity index is 271. The van der Waals surface area contributed by atoms with E-state index in [-0.39, 0.29) is 0 Å². The predicted molar refractivity (Wildman–Crippen MR) is 59.5 cm³/mol. The molecule has 0 aliphatic heterocycles. The highest BCUT2D eigenvalue weighted by Gasteiger charge is 2.24. The number of rotatable bonds is 5. The third kappa shape index (κ3) is 2.38. The molecule has 0 radical (unpaired) electrons. The SMILES string of the molecule is CC(C)(CCNC1CC1)c1cc[nH]c1. The summed E-state index contributed by atoms with van der Waals surface area (Å²) < 4.78 is 0. The van der Waals surface area contributed by atoms with Crippen molar-refractivity contribution in [2.75, 3.05) is 6.54 Å². The predicted octanol–water partition coefficient (Wildman–Crippen LogP) is 2.43. The van der Waals surface area contributed by atoms with Crippen molar-refractivity contribution >= 4 is 0 Å². The summed E-state index contributed by atoms with van der Waals surface area (Å²) in [5.74, 6) is 0. The van der Waals surface area contributed by atoms with Gasteiger partial charge in [-0.15, -0.1) is 0 Å². The second kappa shape index (κ2) is 3.77. The number of hydrogen-bond donors (Lipinski definition) is 2. The molecule has 0 amide bonds. The van der Waals surface area contributed by atoms with Crippen LogP contribution in [0, 0.1) is 0 Å². The van der Waals surface area contributed by atoms with Crippen molar-refractivity contribution in [1.29, 1.82) is 0 Å². The third-order valence-corrected chi connectivity index (χ3v) is 3.14. The molecular weight excluding hydrogens is 172 g/mol. The van der Waals surface area contributed by atoms with Crippen LogP contribution >= 0.6 is 0 Å². The van der Waals surface area contributed by atoms with Gasteiger partial charge in [-0.05, 0) is 42.9 Å². The van der Waals surface area contributed by atoms with Crippen molar-refractivity contribution in [2.24, 2.45) is 0 Å². The zero-order valence-corrected chi connectivity index (χ0v) is 9.14. The molecule has 0 aromatic carbocycles. The molecule has 0 bridgehead atoms. The first-order valence-electron chi connectivity index (χ1n) is 5.55. The van der Waals surface area contributed by atoms with Gasteiger partial charge in [0, 0.05) is 18.4 Å². The van der Waals surface area contributed by atoms with Crippen LogP contribution in [0.25, 0.3) is 0 Å². The minimum Gasteiger partial charge on any atom is -0.367 e. The van der Waals surface area contributed by atoms with E-state index in [1.54, 1.807) is 0 Å². The van der Waals surface area contributed by atoms with Crippen LogP contribution in [0.15, 0.2) is 18.5 Å². The Morgan fingerprint density at radius 3 is 2.86 bits per heavy atom. The largest absolute Gasteiger partial charge is 0.367 e. The lowest BCUT2D eigenvalue weighted by atomic mass is 9.83. The minimum atomic E-state index is 0.294.